The van der Waals surface area contributed by atoms with E-state index in [1.807, 2.05) is 0 Å². The summed E-state index contributed by atoms with van der Waals surface area (Å²) in [6, 6.07) is 0. The molecule has 0 bridgehead atoms. The normalized spacial score (nSPS) is 57.5. The highest BCUT2D eigenvalue weighted by Crippen LogP contribution is 2.70. The molecule has 4 saturated heterocycles. The van der Waals surface area contributed by atoms with Gasteiger partial charge in [-0.05, 0) is 91.8 Å². The molecule has 13 nitrogen and oxygen atoms in total. The van der Waals surface area contributed by atoms with Gasteiger partial charge in [-0.15, -0.1) is 0 Å². The average Bonchev–Trinajstić information content (AvgIpc) is 3.58. The van der Waals surface area contributed by atoms with Crippen LogP contribution in [-0.2, 0) is 28.4 Å². The third kappa shape index (κ3) is 5.90. The molecule has 4 heterocycles. The maximum absolute atomic E-state index is 11.1. The molecule has 0 aromatic rings. The molecule has 0 aromatic heterocycles. The van der Waals surface area contributed by atoms with E-state index < -0.39 is 80.4 Å². The maximum Gasteiger partial charge on any atom is 0.187 e. The Hall–Kier alpha value is -0.780. The number of ether oxygens (including phenoxy) is 6. The number of rotatable bonds is 6. The van der Waals surface area contributed by atoms with Crippen molar-refractivity contribution in [1.82, 2.24) is 0 Å². The molecular weight excluding hydrogens is 676 g/mol. The van der Waals surface area contributed by atoms with Crippen LogP contribution in [0.15, 0.2) is 11.6 Å². The van der Waals surface area contributed by atoms with Gasteiger partial charge in [-0.2, -0.15) is 0 Å². The van der Waals surface area contributed by atoms with Gasteiger partial charge in [0.2, 0.25) is 0 Å². The number of allylic oxidation sites excluding steroid dienone is 1. The van der Waals surface area contributed by atoms with Crippen molar-refractivity contribution in [3.8, 4) is 0 Å². The smallest absolute Gasteiger partial charge is 0.187 e. The van der Waals surface area contributed by atoms with Crippen molar-refractivity contribution in [3.05, 3.63) is 11.6 Å². The number of hydrogen-bond acceptors (Lipinski definition) is 13. The number of fused-ring (bicyclic) bond motifs is 7. The highest BCUT2D eigenvalue weighted by atomic mass is 16.7. The first-order valence-corrected chi connectivity index (χ1v) is 20.0. The molecule has 7 N–H and O–H groups in total. The van der Waals surface area contributed by atoms with Gasteiger partial charge >= 0.3 is 0 Å². The van der Waals surface area contributed by atoms with Crippen LogP contribution in [0.4, 0.5) is 0 Å². The number of aliphatic hydroxyl groups is 7. The first kappa shape index (κ1) is 38.1. The second-order valence-corrected chi connectivity index (χ2v) is 18.3. The molecule has 7 fully saturated rings. The lowest BCUT2D eigenvalue weighted by atomic mass is 9.47. The summed E-state index contributed by atoms with van der Waals surface area (Å²) in [6.45, 7) is 9.20. The van der Waals surface area contributed by atoms with Crippen molar-refractivity contribution < 1.29 is 64.2 Å². The Labute approximate surface area is 306 Å². The zero-order valence-electron chi connectivity index (χ0n) is 31.0. The van der Waals surface area contributed by atoms with E-state index in [4.69, 9.17) is 28.4 Å². The zero-order valence-corrected chi connectivity index (χ0v) is 31.0. The first-order chi connectivity index (χ1) is 24.7. The summed E-state index contributed by atoms with van der Waals surface area (Å²) < 4.78 is 36.9. The lowest BCUT2D eigenvalue weighted by molar-refractivity contribution is -0.363. The summed E-state index contributed by atoms with van der Waals surface area (Å²) in [6.07, 6.45) is -3.06. The molecule has 8 rings (SSSR count). The van der Waals surface area contributed by atoms with Gasteiger partial charge in [-0.25, -0.2) is 0 Å². The Bertz CT molecular complexity index is 1320. The van der Waals surface area contributed by atoms with E-state index in [1.165, 1.54) is 24.8 Å². The van der Waals surface area contributed by atoms with E-state index in [1.54, 1.807) is 0 Å². The second kappa shape index (κ2) is 14.0. The van der Waals surface area contributed by atoms with E-state index in [9.17, 15) is 35.7 Å². The van der Waals surface area contributed by atoms with Gasteiger partial charge in [0.25, 0.3) is 0 Å². The van der Waals surface area contributed by atoms with Gasteiger partial charge in [0, 0.05) is 12.3 Å². The standard InChI is InChI=1S/C39H62O13/c1-18-7-12-39(47-17-18)19(2)28-25(52-39)14-24-22-6-5-20-13-21(8-10-37(20,3)23(22)9-11-38(24,28)4)48-35-33(46)31(44)34(27(16-41)50-35)51-36-32(45)30(43)29(42)26(15-40)49-36/h5,18-19,21-36,40-46H,6-17H2,1-4H3/t18-,19?,21+,22?,23?,24?,25?,26+,27-,28?,29+,30-,31-,32+,33-,34+,35-,36-,37+,38+,39-/m1/s1. The van der Waals surface area contributed by atoms with Crippen LogP contribution in [0.2, 0.25) is 0 Å². The van der Waals surface area contributed by atoms with Crippen LogP contribution in [0.25, 0.3) is 0 Å². The number of aliphatic hydroxyl groups excluding tert-OH is 7. The SMILES string of the molecule is CC1C2C(CC3C4CC=C5C[C@@H](O[C@@H]6O[C@H](CO)[C@H](O[C@H]7O[C@@H](CO)[C@H](O)[C@@H](O)[C@@H]7O)[C@H](O)[C@H]6O)CC[C@]5(C)C4CC[C@@]32C)O[C@]12CC[C@@H](C)CO2. The van der Waals surface area contributed by atoms with Crippen LogP contribution in [0.3, 0.4) is 0 Å². The van der Waals surface area contributed by atoms with Gasteiger partial charge in [0.15, 0.2) is 18.4 Å². The van der Waals surface area contributed by atoms with Crippen LogP contribution >= 0.6 is 0 Å². The number of hydrogen-bond donors (Lipinski definition) is 7. The quantitative estimate of drug-likeness (QED) is 0.193. The van der Waals surface area contributed by atoms with Crippen LogP contribution in [0.5, 0.6) is 0 Å². The molecule has 13 heteroatoms. The first-order valence-electron chi connectivity index (χ1n) is 20.0. The fraction of sp³-hybridized carbons (Fsp3) is 0.949. The molecule has 1 spiro atoms. The molecule has 0 aromatic carbocycles. The van der Waals surface area contributed by atoms with E-state index in [0.717, 1.165) is 38.7 Å². The molecule has 0 amide bonds. The van der Waals surface area contributed by atoms with Gasteiger partial charge in [-0.3, -0.25) is 0 Å². The molecule has 6 unspecified atom stereocenters. The second-order valence-electron chi connectivity index (χ2n) is 18.3. The fourth-order valence-corrected chi connectivity index (χ4v) is 12.6. The lowest BCUT2D eigenvalue weighted by Crippen LogP contribution is -2.65. The molecule has 0 radical (unpaired) electrons. The summed E-state index contributed by atoms with van der Waals surface area (Å²) >= 11 is 0. The minimum absolute atomic E-state index is 0.0572. The van der Waals surface area contributed by atoms with Crippen molar-refractivity contribution in [3.63, 3.8) is 0 Å². The Balaban J connectivity index is 0.913. The van der Waals surface area contributed by atoms with E-state index in [-0.39, 0.29) is 23.0 Å². The van der Waals surface area contributed by atoms with Gasteiger partial charge in [0.1, 0.15) is 48.8 Å². The Morgan fingerprint density at radius 3 is 2.21 bits per heavy atom. The van der Waals surface area contributed by atoms with Gasteiger partial charge in [0.05, 0.1) is 32.0 Å². The zero-order chi connectivity index (χ0) is 36.9. The van der Waals surface area contributed by atoms with Crippen molar-refractivity contribution in [2.75, 3.05) is 19.8 Å². The highest BCUT2D eigenvalue weighted by Gasteiger charge is 2.68. The molecule has 21 atom stereocenters. The topological polar surface area (TPSA) is 197 Å². The summed E-state index contributed by atoms with van der Waals surface area (Å²) in [5.74, 6) is 2.92. The van der Waals surface area contributed by atoms with Crippen LogP contribution in [0.1, 0.15) is 85.5 Å². The molecular formula is C39H62O13. The summed E-state index contributed by atoms with van der Waals surface area (Å²) in [5, 5.41) is 72.7. The van der Waals surface area contributed by atoms with Crippen molar-refractivity contribution in [2.45, 2.75) is 165 Å². The Morgan fingerprint density at radius 2 is 1.50 bits per heavy atom. The molecule has 52 heavy (non-hydrogen) atoms. The third-order valence-electron chi connectivity index (χ3n) is 15.6. The van der Waals surface area contributed by atoms with Crippen LogP contribution < -0.4 is 0 Å². The van der Waals surface area contributed by atoms with E-state index >= 15 is 0 Å². The maximum atomic E-state index is 11.1. The van der Waals surface area contributed by atoms with Crippen molar-refractivity contribution >= 4 is 0 Å². The summed E-state index contributed by atoms with van der Waals surface area (Å²) in [4.78, 5) is 0. The Kier molecular flexibility index (Phi) is 10.3. The van der Waals surface area contributed by atoms with Gasteiger partial charge < -0.3 is 64.2 Å². The monoisotopic (exact) mass is 738 g/mol. The van der Waals surface area contributed by atoms with Crippen LogP contribution in [0, 0.1) is 46.3 Å². The van der Waals surface area contributed by atoms with Crippen molar-refractivity contribution in [1.29, 1.82) is 0 Å². The molecule has 4 aliphatic carbocycles. The minimum Gasteiger partial charge on any atom is -0.394 e. The lowest BCUT2D eigenvalue weighted by Gasteiger charge is -2.58. The van der Waals surface area contributed by atoms with Crippen LogP contribution in [-0.4, -0.2) is 135 Å². The fourth-order valence-electron chi connectivity index (χ4n) is 12.6. The highest BCUT2D eigenvalue weighted by molar-refractivity contribution is 5.26. The summed E-state index contributed by atoms with van der Waals surface area (Å²) in [7, 11) is 0. The molecule has 4 aliphatic heterocycles. The largest absolute Gasteiger partial charge is 0.394 e. The Morgan fingerprint density at radius 1 is 0.788 bits per heavy atom. The molecule has 3 saturated carbocycles. The average molecular weight is 739 g/mol. The third-order valence-corrected chi connectivity index (χ3v) is 15.6. The predicted molar refractivity (Wildman–Crippen MR) is 183 cm³/mol. The van der Waals surface area contributed by atoms with Gasteiger partial charge in [-0.1, -0.05) is 39.3 Å². The van der Waals surface area contributed by atoms with Crippen molar-refractivity contribution in [2.24, 2.45) is 46.3 Å². The minimum atomic E-state index is -1.72. The molecule has 296 valence electrons. The molecule has 8 aliphatic rings. The van der Waals surface area contributed by atoms with E-state index in [0.29, 0.717) is 41.9 Å². The van der Waals surface area contributed by atoms with E-state index in [2.05, 4.69) is 33.8 Å². The predicted octanol–water partition coefficient (Wildman–Crippen LogP) is 1.36. The summed E-state index contributed by atoms with van der Waals surface area (Å²) in [5.41, 5.74) is 1.70.